The van der Waals surface area contributed by atoms with Crippen molar-refractivity contribution in [2.75, 3.05) is 19.1 Å². The van der Waals surface area contributed by atoms with Crippen LogP contribution in [0.25, 0.3) is 0 Å². The van der Waals surface area contributed by atoms with E-state index in [1.54, 1.807) is 0 Å². The highest BCUT2D eigenvalue weighted by Crippen LogP contribution is 2.13. The molecule has 3 heteroatoms. The average Bonchev–Trinajstić information content (AvgIpc) is 2.27. The highest BCUT2D eigenvalue weighted by Gasteiger charge is 2.06. The summed E-state index contributed by atoms with van der Waals surface area (Å²) in [6, 6.07) is 9.19. The average molecular weight is 288 g/mol. The summed E-state index contributed by atoms with van der Waals surface area (Å²) < 4.78 is 1.15. The van der Waals surface area contributed by atoms with Crippen LogP contribution in [0.5, 0.6) is 0 Å². The van der Waals surface area contributed by atoms with Crippen LogP contribution in [-0.2, 0) is 6.42 Å². The number of benzene rings is 1. The summed E-state index contributed by atoms with van der Waals surface area (Å²) in [6.45, 7) is 0. The number of hydrogen-bond donors (Lipinski definition) is 1. The summed E-state index contributed by atoms with van der Waals surface area (Å²) >= 11 is 5.36. The van der Waals surface area contributed by atoms with Crippen LogP contribution in [0.3, 0.4) is 0 Å². The van der Waals surface area contributed by atoms with Gasteiger partial charge in [0.25, 0.3) is 0 Å². The Morgan fingerprint density at radius 3 is 2.53 bits per heavy atom. The lowest BCUT2D eigenvalue weighted by Crippen LogP contribution is -2.28. The van der Waals surface area contributed by atoms with Gasteiger partial charge in [-0.25, -0.2) is 0 Å². The second-order valence-electron chi connectivity index (χ2n) is 3.60. The van der Waals surface area contributed by atoms with E-state index in [2.05, 4.69) is 51.8 Å². The number of nitrogens with one attached hydrogen (secondary N) is 1. The molecular formula is C12H18BrNS. The molecule has 0 aromatic heterocycles. The Morgan fingerprint density at radius 2 is 2.00 bits per heavy atom. The van der Waals surface area contributed by atoms with Crippen molar-refractivity contribution in [1.29, 1.82) is 0 Å². The fourth-order valence-electron chi connectivity index (χ4n) is 1.51. The minimum Gasteiger partial charge on any atom is -0.317 e. The molecule has 0 saturated heterocycles. The molecule has 1 N–H and O–H groups in total. The lowest BCUT2D eigenvalue weighted by Gasteiger charge is -2.15. The highest BCUT2D eigenvalue weighted by atomic mass is 79.9. The third-order valence-electron chi connectivity index (χ3n) is 2.47. The minimum atomic E-state index is 0.596. The van der Waals surface area contributed by atoms with Gasteiger partial charge in [0.15, 0.2) is 0 Å². The van der Waals surface area contributed by atoms with E-state index in [9.17, 15) is 0 Å². The molecule has 0 aliphatic heterocycles. The molecule has 15 heavy (non-hydrogen) atoms. The van der Waals surface area contributed by atoms with Gasteiger partial charge in [-0.05, 0) is 49.6 Å². The number of halogens is 1. The van der Waals surface area contributed by atoms with Crippen molar-refractivity contribution in [1.82, 2.24) is 5.32 Å². The molecule has 0 fully saturated rings. The largest absolute Gasteiger partial charge is 0.317 e. The number of rotatable bonds is 6. The van der Waals surface area contributed by atoms with E-state index >= 15 is 0 Å². The maximum Gasteiger partial charge on any atom is 0.0175 e. The van der Waals surface area contributed by atoms with E-state index in [0.29, 0.717) is 6.04 Å². The third-order valence-corrected chi connectivity index (χ3v) is 3.65. The third kappa shape index (κ3) is 5.05. The first kappa shape index (κ1) is 13.1. The van der Waals surface area contributed by atoms with E-state index in [1.165, 1.54) is 17.7 Å². The van der Waals surface area contributed by atoms with Crippen molar-refractivity contribution in [3.05, 3.63) is 34.3 Å². The van der Waals surface area contributed by atoms with Gasteiger partial charge >= 0.3 is 0 Å². The summed E-state index contributed by atoms with van der Waals surface area (Å²) in [5, 5.41) is 3.37. The Morgan fingerprint density at radius 1 is 1.33 bits per heavy atom. The fourth-order valence-corrected chi connectivity index (χ4v) is 2.30. The van der Waals surface area contributed by atoms with Crippen molar-refractivity contribution in [3.8, 4) is 0 Å². The summed E-state index contributed by atoms with van der Waals surface area (Å²) in [5.74, 6) is 1.22. The van der Waals surface area contributed by atoms with Gasteiger partial charge in [0.2, 0.25) is 0 Å². The molecule has 1 aromatic carbocycles. The van der Waals surface area contributed by atoms with Gasteiger partial charge in [0.05, 0.1) is 0 Å². The molecule has 0 saturated carbocycles. The SMILES string of the molecule is CNC(CCSC)Cc1ccc(Br)cc1. The molecule has 0 spiro atoms. The summed E-state index contributed by atoms with van der Waals surface area (Å²) in [6.07, 6.45) is 4.50. The number of thioether (sulfide) groups is 1. The van der Waals surface area contributed by atoms with Crippen molar-refractivity contribution in [2.24, 2.45) is 0 Å². The summed E-state index contributed by atoms with van der Waals surface area (Å²) in [4.78, 5) is 0. The minimum absolute atomic E-state index is 0.596. The molecule has 0 bridgehead atoms. The summed E-state index contributed by atoms with van der Waals surface area (Å²) in [7, 11) is 2.05. The maximum absolute atomic E-state index is 3.45. The van der Waals surface area contributed by atoms with E-state index < -0.39 is 0 Å². The second-order valence-corrected chi connectivity index (χ2v) is 5.50. The molecule has 1 rings (SSSR count). The lowest BCUT2D eigenvalue weighted by atomic mass is 10.0. The van der Waals surface area contributed by atoms with Crippen LogP contribution in [0.2, 0.25) is 0 Å². The first-order chi connectivity index (χ1) is 7.26. The molecule has 1 atom stereocenters. The van der Waals surface area contributed by atoms with Gasteiger partial charge in [-0.1, -0.05) is 28.1 Å². The maximum atomic E-state index is 3.45. The fraction of sp³-hybridized carbons (Fsp3) is 0.500. The van der Waals surface area contributed by atoms with Crippen LogP contribution in [0.15, 0.2) is 28.7 Å². The molecule has 0 amide bonds. The van der Waals surface area contributed by atoms with Gasteiger partial charge in [0, 0.05) is 10.5 Å². The van der Waals surface area contributed by atoms with Crippen LogP contribution in [0.4, 0.5) is 0 Å². The Hall–Kier alpha value is 0.01000. The zero-order valence-corrected chi connectivity index (χ0v) is 11.7. The van der Waals surface area contributed by atoms with E-state index in [0.717, 1.165) is 10.9 Å². The zero-order valence-electron chi connectivity index (χ0n) is 9.29. The van der Waals surface area contributed by atoms with Gasteiger partial charge < -0.3 is 5.32 Å². The Bertz CT molecular complexity index is 273. The Kier molecular flexibility index (Phi) is 6.37. The topological polar surface area (TPSA) is 12.0 Å². The Balaban J connectivity index is 2.47. The predicted octanol–water partition coefficient (Wildman–Crippen LogP) is 3.33. The first-order valence-corrected chi connectivity index (χ1v) is 7.35. The number of likely N-dealkylation sites (N-methyl/N-ethyl adjacent to an activating group) is 1. The molecule has 1 aromatic rings. The van der Waals surface area contributed by atoms with E-state index in [4.69, 9.17) is 0 Å². The zero-order chi connectivity index (χ0) is 11.1. The van der Waals surface area contributed by atoms with Crippen molar-refractivity contribution < 1.29 is 0 Å². The Labute approximate surface area is 105 Å². The smallest absolute Gasteiger partial charge is 0.0175 e. The van der Waals surface area contributed by atoms with Gasteiger partial charge in [-0.3, -0.25) is 0 Å². The monoisotopic (exact) mass is 287 g/mol. The molecule has 1 nitrogen and oxygen atoms in total. The molecule has 0 radical (unpaired) electrons. The summed E-state index contributed by atoms with van der Waals surface area (Å²) in [5.41, 5.74) is 1.40. The molecule has 0 heterocycles. The van der Waals surface area contributed by atoms with Crippen LogP contribution in [0.1, 0.15) is 12.0 Å². The van der Waals surface area contributed by atoms with Crippen LogP contribution in [-0.4, -0.2) is 25.1 Å². The van der Waals surface area contributed by atoms with Crippen LogP contribution in [0, 0.1) is 0 Å². The molecule has 1 unspecified atom stereocenters. The van der Waals surface area contributed by atoms with E-state index in [1.807, 2.05) is 18.8 Å². The van der Waals surface area contributed by atoms with Crippen LogP contribution < -0.4 is 5.32 Å². The molecular weight excluding hydrogens is 270 g/mol. The van der Waals surface area contributed by atoms with Crippen molar-refractivity contribution >= 4 is 27.7 Å². The second kappa shape index (κ2) is 7.31. The van der Waals surface area contributed by atoms with Gasteiger partial charge in [-0.2, -0.15) is 11.8 Å². The van der Waals surface area contributed by atoms with Crippen LogP contribution >= 0.6 is 27.7 Å². The molecule has 0 aliphatic carbocycles. The lowest BCUT2D eigenvalue weighted by molar-refractivity contribution is 0.547. The quantitative estimate of drug-likeness (QED) is 0.861. The first-order valence-electron chi connectivity index (χ1n) is 5.17. The van der Waals surface area contributed by atoms with Gasteiger partial charge in [-0.15, -0.1) is 0 Å². The van der Waals surface area contributed by atoms with Crippen molar-refractivity contribution in [3.63, 3.8) is 0 Å². The number of hydrogen-bond acceptors (Lipinski definition) is 2. The predicted molar refractivity (Wildman–Crippen MR) is 73.7 cm³/mol. The normalized spacial score (nSPS) is 12.7. The van der Waals surface area contributed by atoms with E-state index in [-0.39, 0.29) is 0 Å². The van der Waals surface area contributed by atoms with Crippen molar-refractivity contribution in [2.45, 2.75) is 18.9 Å². The van der Waals surface area contributed by atoms with Gasteiger partial charge in [0.1, 0.15) is 0 Å². The molecule has 84 valence electrons. The standard InChI is InChI=1S/C12H18BrNS/c1-14-12(7-8-15-2)9-10-3-5-11(13)6-4-10/h3-6,12,14H,7-9H2,1-2H3. The highest BCUT2D eigenvalue weighted by molar-refractivity contribution is 9.10. The molecule has 0 aliphatic rings.